The third-order valence-electron chi connectivity index (χ3n) is 2.28. The van der Waals surface area contributed by atoms with E-state index in [0.29, 0.717) is 21.5 Å². The summed E-state index contributed by atoms with van der Waals surface area (Å²) in [5.74, 6) is 0.858. The molecule has 1 aromatic rings. The van der Waals surface area contributed by atoms with Gasteiger partial charge >= 0.3 is 6.16 Å². The SMILES string of the molecule is COc1cc(OCC2COC(=O)O2)c(Cl)cc1Cl. The number of ether oxygens (including phenoxy) is 4. The van der Waals surface area contributed by atoms with Crippen LogP contribution in [0.2, 0.25) is 10.0 Å². The van der Waals surface area contributed by atoms with Gasteiger partial charge in [-0.2, -0.15) is 0 Å². The highest BCUT2D eigenvalue weighted by molar-refractivity contribution is 6.36. The van der Waals surface area contributed by atoms with E-state index >= 15 is 0 Å². The Bertz CT molecular complexity index is 463. The van der Waals surface area contributed by atoms with Crippen LogP contribution >= 0.6 is 23.2 Å². The molecular weight excluding hydrogens is 283 g/mol. The maximum absolute atomic E-state index is 10.7. The molecule has 98 valence electrons. The van der Waals surface area contributed by atoms with E-state index in [4.69, 9.17) is 37.4 Å². The van der Waals surface area contributed by atoms with Gasteiger partial charge in [0.25, 0.3) is 0 Å². The lowest BCUT2D eigenvalue weighted by molar-refractivity contribution is 0.0983. The van der Waals surface area contributed by atoms with Crippen molar-refractivity contribution in [1.29, 1.82) is 0 Å². The van der Waals surface area contributed by atoms with E-state index in [1.165, 1.54) is 13.2 Å². The van der Waals surface area contributed by atoms with Crippen LogP contribution in [-0.4, -0.2) is 32.6 Å². The van der Waals surface area contributed by atoms with Crippen LogP contribution in [0.3, 0.4) is 0 Å². The summed E-state index contributed by atoms with van der Waals surface area (Å²) in [7, 11) is 1.49. The fourth-order valence-electron chi connectivity index (χ4n) is 1.41. The molecule has 7 heteroatoms. The number of carbonyl (C=O) groups excluding carboxylic acids is 1. The maximum Gasteiger partial charge on any atom is 0.508 e. The molecule has 1 fully saturated rings. The topological polar surface area (TPSA) is 54.0 Å². The lowest BCUT2D eigenvalue weighted by Crippen LogP contribution is -2.20. The Kier molecular flexibility index (Phi) is 4.04. The molecule has 1 atom stereocenters. The molecular formula is C11H10Cl2O5. The van der Waals surface area contributed by atoms with Gasteiger partial charge in [0.05, 0.1) is 17.2 Å². The second-order valence-electron chi connectivity index (χ2n) is 3.53. The van der Waals surface area contributed by atoms with Crippen molar-refractivity contribution in [2.75, 3.05) is 20.3 Å². The molecule has 0 saturated carbocycles. The molecule has 0 N–H and O–H groups in total. The van der Waals surface area contributed by atoms with Gasteiger partial charge in [0.2, 0.25) is 0 Å². The molecule has 1 unspecified atom stereocenters. The zero-order chi connectivity index (χ0) is 13.1. The summed E-state index contributed by atoms with van der Waals surface area (Å²) in [5.41, 5.74) is 0. The number of hydrogen-bond acceptors (Lipinski definition) is 5. The van der Waals surface area contributed by atoms with Crippen molar-refractivity contribution in [3.8, 4) is 11.5 Å². The molecule has 0 aromatic heterocycles. The highest BCUT2D eigenvalue weighted by atomic mass is 35.5. The number of methoxy groups -OCH3 is 1. The molecule has 1 aliphatic heterocycles. The zero-order valence-corrected chi connectivity index (χ0v) is 11.0. The molecule has 1 aromatic carbocycles. The fourth-order valence-corrected chi connectivity index (χ4v) is 1.92. The molecule has 0 radical (unpaired) electrons. The van der Waals surface area contributed by atoms with E-state index < -0.39 is 12.3 Å². The van der Waals surface area contributed by atoms with Crippen molar-refractivity contribution >= 4 is 29.4 Å². The minimum atomic E-state index is -0.691. The molecule has 0 bridgehead atoms. The van der Waals surface area contributed by atoms with E-state index in [2.05, 4.69) is 4.74 Å². The standard InChI is InChI=1S/C11H10Cl2O5/c1-15-9-3-10(8(13)2-7(9)12)16-4-6-5-17-11(14)18-6/h2-3,6H,4-5H2,1H3. The summed E-state index contributed by atoms with van der Waals surface area (Å²) in [5, 5.41) is 0.747. The quantitative estimate of drug-likeness (QED) is 0.799. The van der Waals surface area contributed by atoms with Crippen molar-refractivity contribution < 1.29 is 23.7 Å². The van der Waals surface area contributed by atoms with Gasteiger partial charge in [0, 0.05) is 6.07 Å². The molecule has 1 aliphatic rings. The van der Waals surface area contributed by atoms with Crippen LogP contribution < -0.4 is 9.47 Å². The van der Waals surface area contributed by atoms with Gasteiger partial charge in [-0.05, 0) is 6.07 Å². The predicted molar refractivity (Wildman–Crippen MR) is 64.7 cm³/mol. The Hall–Kier alpha value is -1.33. The molecule has 0 amide bonds. The molecule has 2 rings (SSSR count). The average molecular weight is 293 g/mol. The van der Waals surface area contributed by atoms with Gasteiger partial charge in [0.15, 0.2) is 6.10 Å². The van der Waals surface area contributed by atoms with Gasteiger partial charge in [0.1, 0.15) is 24.7 Å². The minimum Gasteiger partial charge on any atom is -0.495 e. The number of hydrogen-bond donors (Lipinski definition) is 0. The summed E-state index contributed by atoms with van der Waals surface area (Å²) in [6.45, 7) is 0.317. The third kappa shape index (κ3) is 2.91. The van der Waals surface area contributed by atoms with Crippen molar-refractivity contribution in [3.05, 3.63) is 22.2 Å². The lowest BCUT2D eigenvalue weighted by Gasteiger charge is -2.12. The number of halogens is 2. The summed E-state index contributed by atoms with van der Waals surface area (Å²) in [4.78, 5) is 10.7. The van der Waals surface area contributed by atoms with Gasteiger partial charge in [-0.25, -0.2) is 4.79 Å². The normalized spacial score (nSPS) is 18.2. The second kappa shape index (κ2) is 5.54. The van der Waals surface area contributed by atoms with E-state index in [1.54, 1.807) is 6.07 Å². The van der Waals surface area contributed by atoms with Gasteiger partial charge < -0.3 is 18.9 Å². The van der Waals surface area contributed by atoms with E-state index in [-0.39, 0.29) is 13.2 Å². The van der Waals surface area contributed by atoms with E-state index in [1.807, 2.05) is 0 Å². The van der Waals surface area contributed by atoms with Crippen LogP contribution in [0, 0.1) is 0 Å². The largest absolute Gasteiger partial charge is 0.508 e. The van der Waals surface area contributed by atoms with E-state index in [0.717, 1.165) is 0 Å². The molecule has 1 heterocycles. The van der Waals surface area contributed by atoms with Crippen molar-refractivity contribution in [1.82, 2.24) is 0 Å². The summed E-state index contributed by atoms with van der Waals surface area (Å²) < 4.78 is 19.9. The summed E-state index contributed by atoms with van der Waals surface area (Å²) in [6.07, 6.45) is -1.13. The van der Waals surface area contributed by atoms with Gasteiger partial charge in [-0.15, -0.1) is 0 Å². The Morgan fingerprint density at radius 3 is 2.67 bits per heavy atom. The predicted octanol–water partition coefficient (Wildman–Crippen LogP) is 2.92. The van der Waals surface area contributed by atoms with Crippen LogP contribution in [0.25, 0.3) is 0 Å². The van der Waals surface area contributed by atoms with Gasteiger partial charge in [-0.3, -0.25) is 0 Å². The third-order valence-corrected chi connectivity index (χ3v) is 2.87. The first-order valence-corrected chi connectivity index (χ1v) is 5.85. The van der Waals surface area contributed by atoms with Crippen LogP contribution in [0.4, 0.5) is 4.79 Å². The number of benzene rings is 1. The Balaban J connectivity index is 2.02. The van der Waals surface area contributed by atoms with Crippen LogP contribution in [-0.2, 0) is 9.47 Å². The highest BCUT2D eigenvalue weighted by Gasteiger charge is 2.25. The monoisotopic (exact) mass is 292 g/mol. The summed E-state index contributed by atoms with van der Waals surface area (Å²) in [6, 6.07) is 3.09. The van der Waals surface area contributed by atoms with Crippen molar-refractivity contribution in [3.63, 3.8) is 0 Å². The van der Waals surface area contributed by atoms with E-state index in [9.17, 15) is 4.79 Å². The average Bonchev–Trinajstić information content (AvgIpc) is 2.74. The zero-order valence-electron chi connectivity index (χ0n) is 9.44. The molecule has 1 saturated heterocycles. The maximum atomic E-state index is 10.7. The molecule has 0 aliphatic carbocycles. The molecule has 18 heavy (non-hydrogen) atoms. The minimum absolute atomic E-state index is 0.149. The van der Waals surface area contributed by atoms with Gasteiger partial charge in [-0.1, -0.05) is 23.2 Å². The van der Waals surface area contributed by atoms with Crippen LogP contribution in [0.5, 0.6) is 11.5 Å². The second-order valence-corrected chi connectivity index (χ2v) is 4.34. The van der Waals surface area contributed by atoms with Crippen molar-refractivity contribution in [2.45, 2.75) is 6.10 Å². The molecule has 0 spiro atoms. The summed E-state index contributed by atoms with van der Waals surface area (Å²) >= 11 is 11.9. The Morgan fingerprint density at radius 1 is 1.33 bits per heavy atom. The first-order valence-electron chi connectivity index (χ1n) is 5.09. The van der Waals surface area contributed by atoms with Crippen molar-refractivity contribution in [2.24, 2.45) is 0 Å². The Labute approximate surface area is 113 Å². The highest BCUT2D eigenvalue weighted by Crippen LogP contribution is 2.35. The molecule has 5 nitrogen and oxygen atoms in total. The Morgan fingerprint density at radius 2 is 2.06 bits per heavy atom. The van der Waals surface area contributed by atoms with Crippen LogP contribution in [0.1, 0.15) is 0 Å². The first-order chi connectivity index (χ1) is 8.60. The smallest absolute Gasteiger partial charge is 0.495 e. The fraction of sp³-hybridized carbons (Fsp3) is 0.364. The first kappa shape index (κ1) is 13.1. The number of cyclic esters (lactones) is 2. The van der Waals surface area contributed by atoms with Crippen LogP contribution in [0.15, 0.2) is 12.1 Å². The lowest BCUT2D eigenvalue weighted by atomic mass is 10.3. The number of carbonyl (C=O) groups is 1. The number of rotatable bonds is 4.